The maximum absolute atomic E-state index is 6.01. The van der Waals surface area contributed by atoms with Crippen LogP contribution in [0.2, 0.25) is 0 Å². The van der Waals surface area contributed by atoms with E-state index in [1.54, 1.807) is 7.11 Å². The number of nitrogens with one attached hydrogen (secondary N) is 2. The van der Waals surface area contributed by atoms with Gasteiger partial charge in [-0.25, -0.2) is 4.99 Å². The van der Waals surface area contributed by atoms with Gasteiger partial charge >= 0.3 is 0 Å². The second-order valence-electron chi connectivity index (χ2n) is 6.15. The van der Waals surface area contributed by atoms with Crippen molar-refractivity contribution in [1.82, 2.24) is 0 Å². The molecule has 1 heterocycles. The molecular weight excluding hydrogens is 471 g/mol. The third-order valence-corrected chi connectivity index (χ3v) is 4.04. The standard InChI is InChI=1S/C20H26N4O3.HI/c1-25-12-9-22-16-5-3-15(4-6-16)14-23-20(21)24-17-7-8-18-19(13-17)27-11-2-10-26-18;/h3-8,13,22H,2,9-12,14H2,1H3,(H3,21,23,24);1H. The predicted molar refractivity (Wildman–Crippen MR) is 123 cm³/mol. The van der Waals surface area contributed by atoms with Gasteiger partial charge in [-0.15, -0.1) is 24.0 Å². The van der Waals surface area contributed by atoms with E-state index in [1.807, 2.05) is 42.5 Å². The number of methoxy groups -OCH3 is 1. The van der Waals surface area contributed by atoms with E-state index >= 15 is 0 Å². The number of nitrogens with two attached hydrogens (primary N) is 1. The first-order valence-corrected chi connectivity index (χ1v) is 9.03. The summed E-state index contributed by atoms with van der Waals surface area (Å²) in [7, 11) is 1.69. The Labute approximate surface area is 182 Å². The molecule has 0 aromatic heterocycles. The highest BCUT2D eigenvalue weighted by Gasteiger charge is 2.10. The Bertz CT molecular complexity index is 769. The molecule has 8 heteroatoms. The van der Waals surface area contributed by atoms with Crippen LogP contribution in [-0.2, 0) is 11.3 Å². The number of nitrogens with zero attached hydrogens (tertiary/aromatic N) is 1. The summed E-state index contributed by atoms with van der Waals surface area (Å²) in [5, 5.41) is 6.37. The maximum atomic E-state index is 6.01. The highest BCUT2D eigenvalue weighted by molar-refractivity contribution is 14.0. The third kappa shape index (κ3) is 6.75. The lowest BCUT2D eigenvalue weighted by Crippen LogP contribution is -2.22. The van der Waals surface area contributed by atoms with Crippen LogP contribution in [0.4, 0.5) is 11.4 Å². The number of guanidine groups is 1. The van der Waals surface area contributed by atoms with Crippen LogP contribution >= 0.6 is 24.0 Å². The van der Waals surface area contributed by atoms with Crippen molar-refractivity contribution < 1.29 is 14.2 Å². The van der Waals surface area contributed by atoms with Crippen LogP contribution < -0.4 is 25.8 Å². The fourth-order valence-electron chi connectivity index (χ4n) is 2.63. The summed E-state index contributed by atoms with van der Waals surface area (Å²) in [5.74, 6) is 1.83. The molecule has 0 radical (unpaired) electrons. The minimum Gasteiger partial charge on any atom is -0.490 e. The van der Waals surface area contributed by atoms with Gasteiger partial charge in [-0.1, -0.05) is 12.1 Å². The zero-order valence-corrected chi connectivity index (χ0v) is 18.3. The van der Waals surface area contributed by atoms with Gasteiger partial charge in [0.05, 0.1) is 26.4 Å². The van der Waals surface area contributed by atoms with Crippen molar-refractivity contribution in [2.45, 2.75) is 13.0 Å². The van der Waals surface area contributed by atoms with E-state index in [0.717, 1.165) is 41.4 Å². The van der Waals surface area contributed by atoms with E-state index in [4.69, 9.17) is 19.9 Å². The fraction of sp³-hybridized carbons (Fsp3) is 0.350. The minimum absolute atomic E-state index is 0. The summed E-state index contributed by atoms with van der Waals surface area (Å²) in [5.41, 5.74) is 8.96. The van der Waals surface area contributed by atoms with Crippen LogP contribution in [0.3, 0.4) is 0 Å². The molecule has 0 atom stereocenters. The van der Waals surface area contributed by atoms with Crippen molar-refractivity contribution in [1.29, 1.82) is 0 Å². The van der Waals surface area contributed by atoms with E-state index in [2.05, 4.69) is 15.6 Å². The van der Waals surface area contributed by atoms with Crippen LogP contribution in [0.15, 0.2) is 47.5 Å². The highest BCUT2D eigenvalue weighted by Crippen LogP contribution is 2.32. The third-order valence-electron chi connectivity index (χ3n) is 4.04. The molecule has 1 aliphatic heterocycles. The molecule has 2 aromatic carbocycles. The molecule has 0 spiro atoms. The highest BCUT2D eigenvalue weighted by atomic mass is 127. The van der Waals surface area contributed by atoms with Crippen LogP contribution in [0.5, 0.6) is 11.5 Å². The van der Waals surface area contributed by atoms with Gasteiger partial charge in [0.2, 0.25) is 0 Å². The van der Waals surface area contributed by atoms with Crippen molar-refractivity contribution in [3.63, 3.8) is 0 Å². The predicted octanol–water partition coefficient (Wildman–Crippen LogP) is 3.45. The lowest BCUT2D eigenvalue weighted by molar-refractivity contribution is 0.211. The number of benzene rings is 2. The Morgan fingerprint density at radius 1 is 1.07 bits per heavy atom. The van der Waals surface area contributed by atoms with Crippen molar-refractivity contribution >= 4 is 41.3 Å². The van der Waals surface area contributed by atoms with Gasteiger partial charge in [0, 0.05) is 37.5 Å². The number of fused-ring (bicyclic) bond motifs is 1. The zero-order valence-electron chi connectivity index (χ0n) is 15.9. The molecule has 28 heavy (non-hydrogen) atoms. The molecule has 7 nitrogen and oxygen atoms in total. The number of aliphatic imine (C=N–C) groups is 1. The van der Waals surface area contributed by atoms with Crippen LogP contribution in [0, 0.1) is 0 Å². The number of anilines is 2. The van der Waals surface area contributed by atoms with E-state index in [1.165, 1.54) is 0 Å². The largest absolute Gasteiger partial charge is 0.490 e. The van der Waals surface area contributed by atoms with Gasteiger partial charge in [0.1, 0.15) is 0 Å². The van der Waals surface area contributed by atoms with E-state index in [0.29, 0.717) is 32.3 Å². The zero-order chi connectivity index (χ0) is 18.9. The SMILES string of the molecule is COCCNc1ccc(CN=C(N)Nc2ccc3c(c2)OCCCO3)cc1.I. The first-order valence-electron chi connectivity index (χ1n) is 9.03. The smallest absolute Gasteiger partial charge is 0.193 e. The maximum Gasteiger partial charge on any atom is 0.193 e. The topological polar surface area (TPSA) is 90.1 Å². The normalized spacial score (nSPS) is 13.2. The average molecular weight is 498 g/mol. The first kappa shape index (κ1) is 22.1. The Balaban J connectivity index is 0.00000280. The minimum atomic E-state index is 0. The summed E-state index contributed by atoms with van der Waals surface area (Å²) in [4.78, 5) is 4.40. The molecule has 2 aromatic rings. The summed E-state index contributed by atoms with van der Waals surface area (Å²) >= 11 is 0. The van der Waals surface area contributed by atoms with Crippen LogP contribution in [0.25, 0.3) is 0 Å². The van der Waals surface area contributed by atoms with Crippen LogP contribution in [0.1, 0.15) is 12.0 Å². The van der Waals surface area contributed by atoms with Gasteiger partial charge in [0.15, 0.2) is 17.5 Å². The van der Waals surface area contributed by atoms with E-state index in [-0.39, 0.29) is 24.0 Å². The number of ether oxygens (including phenoxy) is 3. The van der Waals surface area contributed by atoms with Crippen molar-refractivity contribution in [2.75, 3.05) is 44.1 Å². The number of hydrogen-bond acceptors (Lipinski definition) is 5. The molecule has 3 rings (SSSR count). The first-order chi connectivity index (χ1) is 13.2. The van der Waals surface area contributed by atoms with Gasteiger partial charge in [-0.2, -0.15) is 0 Å². The summed E-state index contributed by atoms with van der Waals surface area (Å²) in [6, 6.07) is 13.8. The molecular formula is C20H27IN4O3. The molecule has 1 aliphatic rings. The number of rotatable bonds is 7. The van der Waals surface area contributed by atoms with E-state index < -0.39 is 0 Å². The lowest BCUT2D eigenvalue weighted by Gasteiger charge is -2.11. The van der Waals surface area contributed by atoms with Gasteiger partial charge < -0.3 is 30.6 Å². The molecule has 0 fully saturated rings. The Hall–Kier alpha value is -2.20. The quantitative estimate of drug-likeness (QED) is 0.235. The Morgan fingerprint density at radius 3 is 2.54 bits per heavy atom. The average Bonchev–Trinajstić information content (AvgIpc) is 2.92. The fourth-order valence-corrected chi connectivity index (χ4v) is 2.63. The molecule has 0 aliphatic carbocycles. The molecule has 0 amide bonds. The number of hydrogen-bond donors (Lipinski definition) is 3. The van der Waals surface area contributed by atoms with Crippen molar-refractivity contribution in [3.8, 4) is 11.5 Å². The van der Waals surface area contributed by atoms with Crippen LogP contribution in [-0.4, -0.2) is 39.4 Å². The molecule has 0 bridgehead atoms. The molecule has 4 N–H and O–H groups in total. The second-order valence-corrected chi connectivity index (χ2v) is 6.15. The number of halogens is 1. The second kappa shape index (κ2) is 11.6. The van der Waals surface area contributed by atoms with Gasteiger partial charge in [-0.3, -0.25) is 0 Å². The van der Waals surface area contributed by atoms with Gasteiger partial charge in [-0.05, 0) is 29.8 Å². The Morgan fingerprint density at radius 2 is 1.79 bits per heavy atom. The summed E-state index contributed by atoms with van der Waals surface area (Å²) in [6.45, 7) is 3.27. The van der Waals surface area contributed by atoms with Crippen molar-refractivity contribution in [3.05, 3.63) is 48.0 Å². The van der Waals surface area contributed by atoms with E-state index in [9.17, 15) is 0 Å². The molecule has 152 valence electrons. The van der Waals surface area contributed by atoms with Crippen molar-refractivity contribution in [2.24, 2.45) is 10.7 Å². The summed E-state index contributed by atoms with van der Waals surface area (Å²) in [6.07, 6.45) is 0.877. The monoisotopic (exact) mass is 498 g/mol. The molecule has 0 unspecified atom stereocenters. The summed E-state index contributed by atoms with van der Waals surface area (Å²) < 4.78 is 16.3. The molecule has 0 saturated carbocycles. The Kier molecular flexibility index (Phi) is 9.15. The lowest BCUT2D eigenvalue weighted by atomic mass is 10.2. The van der Waals surface area contributed by atoms with Gasteiger partial charge in [0.25, 0.3) is 0 Å². The molecule has 0 saturated heterocycles.